The highest BCUT2D eigenvalue weighted by Gasteiger charge is 2.25. The van der Waals surface area contributed by atoms with Crippen molar-refractivity contribution in [2.45, 2.75) is 39.2 Å². The lowest BCUT2D eigenvalue weighted by Crippen LogP contribution is -2.27. The van der Waals surface area contributed by atoms with Crippen molar-refractivity contribution in [1.82, 2.24) is 4.98 Å². The van der Waals surface area contributed by atoms with Gasteiger partial charge in [-0.2, -0.15) is 0 Å². The number of ether oxygens (including phenoxy) is 1. The summed E-state index contributed by atoms with van der Waals surface area (Å²) in [5, 5.41) is 11.7. The van der Waals surface area contributed by atoms with Crippen LogP contribution in [0.3, 0.4) is 0 Å². The topological polar surface area (TPSA) is 102 Å². The predicted molar refractivity (Wildman–Crippen MR) is 85.1 cm³/mol. The fraction of sp³-hybridized carbons (Fsp3) is 0.438. The summed E-state index contributed by atoms with van der Waals surface area (Å²) >= 11 is 0. The third-order valence-electron chi connectivity index (χ3n) is 3.01. The van der Waals surface area contributed by atoms with Crippen LogP contribution < -0.4 is 5.32 Å². The van der Waals surface area contributed by atoms with E-state index in [1.165, 1.54) is 6.20 Å². The number of aromatic nitrogens is 1. The average Bonchev–Trinajstić information content (AvgIpc) is 2.79. The number of aryl methyl sites for hydroxylation is 1. The van der Waals surface area contributed by atoms with E-state index in [1.54, 1.807) is 26.8 Å². The number of fused-ring (bicyclic) bond motifs is 1. The van der Waals surface area contributed by atoms with E-state index in [4.69, 9.17) is 9.15 Å². The van der Waals surface area contributed by atoms with E-state index >= 15 is 0 Å². The maximum absolute atomic E-state index is 12.3. The first kappa shape index (κ1) is 17.7. The Balaban J connectivity index is 2.36. The molecule has 0 bridgehead atoms. The number of alkyl halides is 1. The molecule has 2 rings (SSSR count). The lowest BCUT2D eigenvalue weighted by molar-refractivity contribution is 0.0633. The Hall–Kier alpha value is -2.64. The number of pyridine rings is 1. The van der Waals surface area contributed by atoms with Gasteiger partial charge in [0.25, 0.3) is 0 Å². The molecule has 0 unspecified atom stereocenters. The third kappa shape index (κ3) is 4.21. The van der Waals surface area contributed by atoms with Crippen molar-refractivity contribution in [3.63, 3.8) is 0 Å². The van der Waals surface area contributed by atoms with Crippen LogP contribution in [0.4, 0.5) is 15.1 Å². The number of aromatic carboxylic acids is 1. The maximum atomic E-state index is 12.3. The van der Waals surface area contributed by atoms with Crippen molar-refractivity contribution in [1.29, 1.82) is 0 Å². The molecule has 2 aromatic heterocycles. The molecule has 1 amide bonds. The van der Waals surface area contributed by atoms with Crippen LogP contribution in [0.5, 0.6) is 0 Å². The van der Waals surface area contributed by atoms with Crippen molar-refractivity contribution < 1.29 is 28.2 Å². The molecular weight excluding hydrogens is 319 g/mol. The molecule has 2 aromatic rings. The summed E-state index contributed by atoms with van der Waals surface area (Å²) < 4.78 is 22.8. The normalized spacial score (nSPS) is 11.5. The van der Waals surface area contributed by atoms with Gasteiger partial charge in [0.1, 0.15) is 16.7 Å². The number of carbonyl (C=O) groups is 2. The van der Waals surface area contributed by atoms with Gasteiger partial charge < -0.3 is 14.3 Å². The Kier molecular flexibility index (Phi) is 5.06. The van der Waals surface area contributed by atoms with Crippen molar-refractivity contribution in [3.8, 4) is 0 Å². The van der Waals surface area contributed by atoms with Gasteiger partial charge in [-0.3, -0.25) is 14.7 Å². The van der Waals surface area contributed by atoms with Crippen molar-refractivity contribution in [2.24, 2.45) is 0 Å². The number of anilines is 1. The average molecular weight is 338 g/mol. The number of carboxylic acids is 1. The zero-order valence-electron chi connectivity index (χ0n) is 13.7. The number of furan rings is 1. The number of amides is 1. The quantitative estimate of drug-likeness (QED) is 0.860. The van der Waals surface area contributed by atoms with E-state index in [9.17, 15) is 19.1 Å². The lowest BCUT2D eigenvalue weighted by Gasteiger charge is -2.19. The number of halogens is 1. The molecule has 2 N–H and O–H groups in total. The molecule has 0 fully saturated rings. The highest BCUT2D eigenvalue weighted by atomic mass is 19.1. The molecule has 0 aliphatic carbocycles. The van der Waals surface area contributed by atoms with Gasteiger partial charge in [0.2, 0.25) is 5.88 Å². The zero-order chi connectivity index (χ0) is 17.9. The van der Waals surface area contributed by atoms with E-state index in [1.807, 2.05) is 0 Å². The highest BCUT2D eigenvalue weighted by molar-refractivity contribution is 6.07. The monoisotopic (exact) mass is 338 g/mol. The largest absolute Gasteiger partial charge is 0.477 e. The Labute approximate surface area is 137 Å². The van der Waals surface area contributed by atoms with Gasteiger partial charge in [-0.25, -0.2) is 9.59 Å². The lowest BCUT2D eigenvalue weighted by atomic mass is 10.1. The molecule has 24 heavy (non-hydrogen) atoms. The molecule has 8 heteroatoms. The van der Waals surface area contributed by atoms with Gasteiger partial charge in [0, 0.05) is 6.20 Å². The number of nitrogens with zero attached hydrogens (tertiary/aromatic N) is 1. The maximum Gasteiger partial charge on any atom is 0.414 e. The molecule has 0 saturated carbocycles. The van der Waals surface area contributed by atoms with Crippen LogP contribution in [0, 0.1) is 0 Å². The minimum absolute atomic E-state index is 0.109. The molecule has 0 radical (unpaired) electrons. The van der Waals surface area contributed by atoms with E-state index < -0.39 is 24.3 Å². The summed E-state index contributed by atoms with van der Waals surface area (Å²) in [6.07, 6.45) is 1.43. The molecule has 0 saturated heterocycles. The fourth-order valence-corrected chi connectivity index (χ4v) is 2.11. The molecule has 2 heterocycles. The van der Waals surface area contributed by atoms with Crippen LogP contribution in [-0.2, 0) is 11.2 Å². The fourth-order valence-electron chi connectivity index (χ4n) is 2.11. The van der Waals surface area contributed by atoms with Gasteiger partial charge in [-0.15, -0.1) is 0 Å². The summed E-state index contributed by atoms with van der Waals surface area (Å²) in [6, 6.07) is 1.59. The molecule has 0 aliphatic rings. The van der Waals surface area contributed by atoms with Crippen LogP contribution in [0.2, 0.25) is 0 Å². The van der Waals surface area contributed by atoms with Crippen LogP contribution in [0.1, 0.15) is 43.1 Å². The molecule has 0 atom stereocenters. The zero-order valence-corrected chi connectivity index (χ0v) is 13.7. The number of hydrogen-bond donors (Lipinski definition) is 2. The van der Waals surface area contributed by atoms with Crippen molar-refractivity contribution in [3.05, 3.63) is 23.4 Å². The van der Waals surface area contributed by atoms with E-state index in [0.717, 1.165) is 5.56 Å². The first-order chi connectivity index (χ1) is 11.2. The SMILES string of the molecule is CC(C)(C)OC(=O)Nc1oc2cc(CCCF)cnc2c1C(=O)O. The second kappa shape index (κ2) is 6.86. The number of hydrogen-bond acceptors (Lipinski definition) is 5. The number of nitrogens with one attached hydrogen (secondary N) is 1. The first-order valence-electron chi connectivity index (χ1n) is 7.42. The first-order valence-corrected chi connectivity index (χ1v) is 7.42. The number of carbonyl (C=O) groups excluding carboxylic acids is 1. The summed E-state index contributed by atoms with van der Waals surface area (Å²) in [5.74, 6) is -1.54. The minimum Gasteiger partial charge on any atom is -0.477 e. The van der Waals surface area contributed by atoms with Crippen molar-refractivity contribution in [2.75, 3.05) is 12.0 Å². The van der Waals surface area contributed by atoms with E-state index in [2.05, 4.69) is 10.3 Å². The van der Waals surface area contributed by atoms with Crippen molar-refractivity contribution >= 4 is 29.0 Å². The Morgan fingerprint density at radius 1 is 1.42 bits per heavy atom. The third-order valence-corrected chi connectivity index (χ3v) is 3.01. The molecule has 130 valence electrons. The Morgan fingerprint density at radius 3 is 2.71 bits per heavy atom. The summed E-state index contributed by atoms with van der Waals surface area (Å²) in [7, 11) is 0. The van der Waals surface area contributed by atoms with Gasteiger partial charge >= 0.3 is 12.1 Å². The smallest absolute Gasteiger partial charge is 0.414 e. The summed E-state index contributed by atoms with van der Waals surface area (Å²) in [6.45, 7) is 4.59. The molecular formula is C16H19FN2O5. The summed E-state index contributed by atoms with van der Waals surface area (Å²) in [5.41, 5.74) is 0.0343. The Bertz CT molecular complexity index is 764. The number of carboxylic acid groups (broad SMARTS) is 1. The second-order valence-electron chi connectivity index (χ2n) is 6.22. The van der Waals surface area contributed by atoms with Gasteiger partial charge in [-0.1, -0.05) is 0 Å². The van der Waals surface area contributed by atoms with Gasteiger partial charge in [-0.05, 0) is 45.2 Å². The predicted octanol–water partition coefficient (Wildman–Crippen LogP) is 3.78. The van der Waals surface area contributed by atoms with Gasteiger partial charge in [0.05, 0.1) is 6.67 Å². The molecule has 7 nitrogen and oxygen atoms in total. The number of rotatable bonds is 5. The highest BCUT2D eigenvalue weighted by Crippen LogP contribution is 2.29. The van der Waals surface area contributed by atoms with Gasteiger partial charge in [0.15, 0.2) is 5.58 Å². The van der Waals surface area contributed by atoms with Crippen LogP contribution >= 0.6 is 0 Å². The molecule has 0 aromatic carbocycles. The minimum atomic E-state index is -1.29. The van der Waals surface area contributed by atoms with E-state index in [0.29, 0.717) is 12.8 Å². The van der Waals surface area contributed by atoms with Crippen LogP contribution in [-0.4, -0.2) is 34.4 Å². The van der Waals surface area contributed by atoms with Crippen LogP contribution in [0.25, 0.3) is 11.1 Å². The molecule has 0 spiro atoms. The standard InChI is InChI=1S/C16H19FN2O5/c1-16(2,3)24-15(22)19-13-11(14(20)21)12-10(23-13)7-9(8-18-12)5-4-6-17/h7-8H,4-6H2,1-3H3,(H,19,22)(H,20,21). The van der Waals surface area contributed by atoms with E-state index in [-0.39, 0.29) is 22.5 Å². The van der Waals surface area contributed by atoms with Crippen LogP contribution in [0.15, 0.2) is 16.7 Å². The Morgan fingerprint density at radius 2 is 2.12 bits per heavy atom. The summed E-state index contributed by atoms with van der Waals surface area (Å²) in [4.78, 5) is 27.4. The second-order valence-corrected chi connectivity index (χ2v) is 6.22. The molecule has 0 aliphatic heterocycles.